The second kappa shape index (κ2) is 7.68. The summed E-state index contributed by atoms with van der Waals surface area (Å²) in [6.45, 7) is 9.25. The third-order valence-corrected chi connectivity index (χ3v) is 5.13. The summed E-state index contributed by atoms with van der Waals surface area (Å²) in [4.78, 5) is 15.6. The molecule has 1 unspecified atom stereocenters. The number of rotatable bonds is 7. The van der Waals surface area contributed by atoms with Gasteiger partial charge in [0.05, 0.1) is 4.90 Å². The quantitative estimate of drug-likeness (QED) is 0.717. The highest BCUT2D eigenvalue weighted by molar-refractivity contribution is 7.90. The molecule has 0 aliphatic rings. The molecule has 5 heteroatoms. The number of nitrogens with zero attached hydrogens (tertiary/aromatic N) is 1. The van der Waals surface area contributed by atoms with E-state index in [9.17, 15) is 13.2 Å². The van der Waals surface area contributed by atoms with E-state index in [1.165, 1.54) is 6.26 Å². The van der Waals surface area contributed by atoms with Crippen LogP contribution in [-0.2, 0) is 16.3 Å². The summed E-state index contributed by atoms with van der Waals surface area (Å²) < 4.78 is 24.6. The highest BCUT2D eigenvalue weighted by Gasteiger charge is 2.25. The van der Waals surface area contributed by atoms with Crippen LogP contribution in [0.3, 0.4) is 0 Å². The average molecular weight is 323 g/mol. The van der Waals surface area contributed by atoms with E-state index in [0.29, 0.717) is 22.4 Å². The highest BCUT2D eigenvalue weighted by Crippen LogP contribution is 2.33. The van der Waals surface area contributed by atoms with E-state index < -0.39 is 15.7 Å². The molecule has 0 aliphatic carbocycles. The van der Waals surface area contributed by atoms with Crippen molar-refractivity contribution in [2.45, 2.75) is 57.3 Å². The fourth-order valence-electron chi connectivity index (χ4n) is 2.77. The van der Waals surface area contributed by atoms with E-state index >= 15 is 0 Å². The molecule has 0 heterocycles. The number of benzene rings is 1. The van der Waals surface area contributed by atoms with E-state index in [0.717, 1.165) is 24.8 Å². The maximum atomic E-state index is 12.3. The second-order valence-corrected chi connectivity index (χ2v) is 7.59. The molecule has 0 bridgehead atoms. The number of hydrogen-bond acceptors (Lipinski definition) is 3. The van der Waals surface area contributed by atoms with Crippen LogP contribution in [0.2, 0.25) is 0 Å². The lowest BCUT2D eigenvalue weighted by Crippen LogP contribution is -2.13. The minimum Gasteiger partial charge on any atom is -0.267 e. The number of sulfone groups is 1. The van der Waals surface area contributed by atoms with Gasteiger partial charge in [-0.05, 0) is 42.7 Å². The van der Waals surface area contributed by atoms with Crippen molar-refractivity contribution in [3.8, 4) is 0 Å². The molecule has 1 rings (SSSR count). The van der Waals surface area contributed by atoms with Gasteiger partial charge in [-0.3, -0.25) is 4.79 Å². The molecule has 0 aliphatic heterocycles. The Morgan fingerprint density at radius 3 is 2.41 bits per heavy atom. The van der Waals surface area contributed by atoms with Gasteiger partial charge in [0, 0.05) is 11.8 Å². The van der Waals surface area contributed by atoms with Crippen molar-refractivity contribution < 1.29 is 13.2 Å². The van der Waals surface area contributed by atoms with Gasteiger partial charge < -0.3 is 0 Å². The Morgan fingerprint density at radius 2 is 1.95 bits per heavy atom. The standard InChI is InChI=1S/C17H25NO3S/c1-6-8-9-12(3)14-10-11-15(17(19)18-4)13(7-2)16(14)22(5,20)21/h10-12H,4,6-9H2,1-3,5H3. The lowest BCUT2D eigenvalue weighted by atomic mass is 9.91. The Bertz CT molecular complexity index is 663. The van der Waals surface area contributed by atoms with Gasteiger partial charge in [-0.15, -0.1) is 0 Å². The van der Waals surface area contributed by atoms with Gasteiger partial charge in [-0.1, -0.05) is 39.7 Å². The van der Waals surface area contributed by atoms with Crippen molar-refractivity contribution in [3.63, 3.8) is 0 Å². The first-order chi connectivity index (χ1) is 10.3. The van der Waals surface area contributed by atoms with Crippen molar-refractivity contribution in [2.24, 2.45) is 4.99 Å². The lowest BCUT2D eigenvalue weighted by molar-refractivity contribution is 0.100. The highest BCUT2D eigenvalue weighted by atomic mass is 32.2. The monoisotopic (exact) mass is 323 g/mol. The number of unbranched alkanes of at least 4 members (excludes halogenated alkanes) is 1. The third-order valence-electron chi connectivity index (χ3n) is 3.91. The van der Waals surface area contributed by atoms with Crippen LogP contribution in [0.15, 0.2) is 22.0 Å². The summed E-state index contributed by atoms with van der Waals surface area (Å²) >= 11 is 0. The molecule has 1 amide bonds. The van der Waals surface area contributed by atoms with Gasteiger partial charge in [-0.25, -0.2) is 13.4 Å². The molecular weight excluding hydrogens is 298 g/mol. The Balaban J connectivity index is 3.60. The van der Waals surface area contributed by atoms with Gasteiger partial charge in [0.2, 0.25) is 0 Å². The van der Waals surface area contributed by atoms with E-state index in [2.05, 4.69) is 18.6 Å². The normalized spacial score (nSPS) is 12.9. The van der Waals surface area contributed by atoms with E-state index in [1.807, 2.05) is 13.8 Å². The topological polar surface area (TPSA) is 63.6 Å². The molecule has 1 atom stereocenters. The Labute approximate surface area is 133 Å². The summed E-state index contributed by atoms with van der Waals surface area (Å²) in [6, 6.07) is 3.44. The molecule has 0 aromatic heterocycles. The van der Waals surface area contributed by atoms with Crippen LogP contribution < -0.4 is 0 Å². The number of amides is 1. The van der Waals surface area contributed by atoms with Crippen LogP contribution in [0, 0.1) is 0 Å². The van der Waals surface area contributed by atoms with Crippen LogP contribution in [0.25, 0.3) is 0 Å². The molecule has 122 valence electrons. The largest absolute Gasteiger partial charge is 0.276 e. The van der Waals surface area contributed by atoms with Crippen LogP contribution in [0.5, 0.6) is 0 Å². The summed E-state index contributed by atoms with van der Waals surface area (Å²) in [5, 5.41) is 0. The maximum absolute atomic E-state index is 12.3. The lowest BCUT2D eigenvalue weighted by Gasteiger charge is -2.20. The molecule has 0 spiro atoms. The van der Waals surface area contributed by atoms with Gasteiger partial charge in [0.25, 0.3) is 5.91 Å². The minimum atomic E-state index is -3.42. The van der Waals surface area contributed by atoms with Gasteiger partial charge in [-0.2, -0.15) is 0 Å². The molecule has 0 fully saturated rings. The zero-order chi connectivity index (χ0) is 16.9. The minimum absolute atomic E-state index is 0.135. The van der Waals surface area contributed by atoms with Crippen molar-refractivity contribution in [1.82, 2.24) is 0 Å². The SMILES string of the molecule is C=NC(=O)c1ccc(C(C)CCCC)c(S(C)(=O)=O)c1CC. The molecule has 1 aromatic carbocycles. The fraction of sp³-hybridized carbons (Fsp3) is 0.529. The zero-order valence-corrected chi connectivity index (χ0v) is 14.7. The van der Waals surface area contributed by atoms with E-state index in [-0.39, 0.29) is 5.92 Å². The Hall–Kier alpha value is -1.49. The van der Waals surface area contributed by atoms with Crippen LogP contribution in [0.1, 0.15) is 67.4 Å². The summed E-state index contributed by atoms with van der Waals surface area (Å²) in [5.74, 6) is -0.342. The zero-order valence-electron chi connectivity index (χ0n) is 13.8. The smallest absolute Gasteiger partial charge is 0.267 e. The number of carbonyl (C=O) groups excluding carboxylic acids is 1. The van der Waals surface area contributed by atoms with E-state index in [4.69, 9.17) is 0 Å². The predicted molar refractivity (Wildman–Crippen MR) is 90.7 cm³/mol. The van der Waals surface area contributed by atoms with Crippen molar-refractivity contribution in [2.75, 3.05) is 6.26 Å². The van der Waals surface area contributed by atoms with Gasteiger partial charge in [0.15, 0.2) is 9.84 Å². The summed E-state index contributed by atoms with van der Waals surface area (Å²) in [6.07, 6.45) is 4.70. The van der Waals surface area contributed by atoms with Gasteiger partial charge >= 0.3 is 0 Å². The third kappa shape index (κ3) is 4.03. The maximum Gasteiger partial charge on any atom is 0.276 e. The van der Waals surface area contributed by atoms with Crippen molar-refractivity contribution >= 4 is 22.5 Å². The van der Waals surface area contributed by atoms with Crippen LogP contribution in [0.4, 0.5) is 0 Å². The average Bonchev–Trinajstić information content (AvgIpc) is 2.49. The van der Waals surface area contributed by atoms with Gasteiger partial charge in [0.1, 0.15) is 0 Å². The number of hydrogen-bond donors (Lipinski definition) is 0. The molecular formula is C17H25NO3S. The molecule has 0 saturated carbocycles. The number of aliphatic imine (C=N–C) groups is 1. The second-order valence-electron chi connectivity index (χ2n) is 5.64. The Morgan fingerprint density at radius 1 is 1.32 bits per heavy atom. The Kier molecular flexibility index (Phi) is 6.48. The fourth-order valence-corrected chi connectivity index (χ4v) is 4.17. The van der Waals surface area contributed by atoms with Crippen molar-refractivity contribution in [3.05, 3.63) is 28.8 Å². The molecule has 0 saturated heterocycles. The van der Waals surface area contributed by atoms with E-state index in [1.54, 1.807) is 12.1 Å². The molecule has 1 aromatic rings. The molecule has 22 heavy (non-hydrogen) atoms. The molecule has 0 radical (unpaired) electrons. The van der Waals surface area contributed by atoms with Crippen molar-refractivity contribution in [1.29, 1.82) is 0 Å². The molecule has 4 nitrogen and oxygen atoms in total. The van der Waals surface area contributed by atoms with Crippen LogP contribution in [-0.4, -0.2) is 27.3 Å². The first kappa shape index (κ1) is 18.6. The first-order valence-corrected chi connectivity index (χ1v) is 9.53. The summed E-state index contributed by atoms with van der Waals surface area (Å²) in [5.41, 5.74) is 1.69. The first-order valence-electron chi connectivity index (χ1n) is 7.64. The summed E-state index contributed by atoms with van der Waals surface area (Å²) in [7, 11) is -3.42. The van der Waals surface area contributed by atoms with Crippen LogP contribution >= 0.6 is 0 Å². The molecule has 0 N–H and O–H groups in total. The number of carbonyl (C=O) groups is 1. The predicted octanol–water partition coefficient (Wildman–Crippen LogP) is 3.79.